The van der Waals surface area contributed by atoms with Crippen LogP contribution in [0.5, 0.6) is 0 Å². The summed E-state index contributed by atoms with van der Waals surface area (Å²) in [5, 5.41) is 3.38. The number of amides is 1. The van der Waals surface area contributed by atoms with Crippen molar-refractivity contribution in [3.8, 4) is 0 Å². The average molecular weight is 337 g/mol. The van der Waals surface area contributed by atoms with Gasteiger partial charge in [-0.25, -0.2) is 0 Å². The first-order valence-electron chi connectivity index (χ1n) is 8.87. The van der Waals surface area contributed by atoms with E-state index in [0.29, 0.717) is 17.9 Å². The van der Waals surface area contributed by atoms with Crippen molar-refractivity contribution in [2.75, 3.05) is 19.6 Å². The SMILES string of the molecule is CCC(c1ccccc1)C1CCCN1C(=O)C1CCCNC1.Cl. The van der Waals surface area contributed by atoms with E-state index in [1.807, 2.05) is 0 Å². The Kier molecular flexibility index (Phi) is 6.91. The number of hydrogen-bond donors (Lipinski definition) is 1. The summed E-state index contributed by atoms with van der Waals surface area (Å²) in [6, 6.07) is 11.1. The van der Waals surface area contributed by atoms with Crippen LogP contribution in [0.4, 0.5) is 0 Å². The van der Waals surface area contributed by atoms with Crippen LogP contribution >= 0.6 is 12.4 Å². The van der Waals surface area contributed by atoms with E-state index in [1.54, 1.807) is 0 Å². The number of nitrogens with zero attached hydrogens (tertiary/aromatic N) is 1. The Balaban J connectivity index is 0.00000192. The monoisotopic (exact) mass is 336 g/mol. The van der Waals surface area contributed by atoms with E-state index in [9.17, 15) is 4.79 Å². The normalized spacial score (nSPS) is 25.7. The number of rotatable bonds is 4. The van der Waals surface area contributed by atoms with Gasteiger partial charge in [0.1, 0.15) is 0 Å². The molecule has 1 N–H and O–H groups in total. The summed E-state index contributed by atoms with van der Waals surface area (Å²) in [6.07, 6.45) is 5.59. The van der Waals surface area contributed by atoms with Crippen LogP contribution in [0, 0.1) is 5.92 Å². The maximum atomic E-state index is 12.9. The van der Waals surface area contributed by atoms with Crippen LogP contribution in [-0.4, -0.2) is 36.5 Å². The van der Waals surface area contributed by atoms with E-state index in [0.717, 1.165) is 51.7 Å². The van der Waals surface area contributed by atoms with E-state index in [4.69, 9.17) is 0 Å². The number of nitrogens with one attached hydrogen (secondary N) is 1. The zero-order valence-electron chi connectivity index (χ0n) is 14.0. The molecule has 3 unspecified atom stereocenters. The van der Waals surface area contributed by atoms with Crippen molar-refractivity contribution in [1.82, 2.24) is 10.2 Å². The molecule has 2 aliphatic rings. The number of halogens is 1. The topological polar surface area (TPSA) is 32.3 Å². The summed E-state index contributed by atoms with van der Waals surface area (Å²) in [4.78, 5) is 15.2. The standard InChI is InChI=1S/C19H28N2O.ClH/c1-2-17(15-8-4-3-5-9-15)18-11-7-13-21(18)19(22)16-10-6-12-20-14-16;/h3-5,8-9,16-18,20H,2,6-7,10-14H2,1H3;1H. The highest BCUT2D eigenvalue weighted by Gasteiger charge is 2.37. The van der Waals surface area contributed by atoms with Gasteiger partial charge in [0.25, 0.3) is 0 Å². The first kappa shape index (κ1) is 18.3. The molecule has 0 aromatic heterocycles. The summed E-state index contributed by atoms with van der Waals surface area (Å²) in [5.74, 6) is 1.07. The molecule has 1 amide bonds. The van der Waals surface area contributed by atoms with Gasteiger partial charge in [0.2, 0.25) is 5.91 Å². The molecule has 3 rings (SSSR count). The summed E-state index contributed by atoms with van der Waals surface area (Å²) in [5.41, 5.74) is 1.39. The van der Waals surface area contributed by atoms with E-state index in [1.165, 1.54) is 5.56 Å². The number of piperidine rings is 1. The van der Waals surface area contributed by atoms with Gasteiger partial charge < -0.3 is 10.2 Å². The number of hydrogen-bond acceptors (Lipinski definition) is 2. The summed E-state index contributed by atoms with van der Waals surface area (Å²) >= 11 is 0. The summed E-state index contributed by atoms with van der Waals surface area (Å²) in [6.45, 7) is 5.13. The van der Waals surface area contributed by atoms with Gasteiger partial charge in [0.05, 0.1) is 5.92 Å². The van der Waals surface area contributed by atoms with Gasteiger partial charge in [0.15, 0.2) is 0 Å². The summed E-state index contributed by atoms with van der Waals surface area (Å²) in [7, 11) is 0. The molecule has 0 bridgehead atoms. The molecule has 0 spiro atoms. The predicted octanol–water partition coefficient (Wildman–Crippen LogP) is 3.59. The van der Waals surface area contributed by atoms with Gasteiger partial charge in [-0.2, -0.15) is 0 Å². The number of benzene rings is 1. The zero-order valence-corrected chi connectivity index (χ0v) is 14.9. The van der Waals surface area contributed by atoms with Gasteiger partial charge in [0, 0.05) is 25.0 Å². The molecule has 3 atom stereocenters. The Labute approximate surface area is 146 Å². The third-order valence-corrected chi connectivity index (χ3v) is 5.36. The number of carbonyl (C=O) groups excluding carboxylic acids is 1. The Bertz CT molecular complexity index is 487. The lowest BCUT2D eigenvalue weighted by molar-refractivity contribution is -0.137. The number of likely N-dealkylation sites (tertiary alicyclic amines) is 1. The van der Waals surface area contributed by atoms with Crippen LogP contribution in [0.15, 0.2) is 30.3 Å². The highest BCUT2D eigenvalue weighted by atomic mass is 35.5. The van der Waals surface area contributed by atoms with Crippen molar-refractivity contribution in [3.05, 3.63) is 35.9 Å². The maximum Gasteiger partial charge on any atom is 0.227 e. The number of carbonyl (C=O) groups is 1. The van der Waals surface area contributed by atoms with E-state index in [2.05, 4.69) is 47.5 Å². The molecular formula is C19H29ClN2O. The van der Waals surface area contributed by atoms with Crippen molar-refractivity contribution in [3.63, 3.8) is 0 Å². The second-order valence-corrected chi connectivity index (χ2v) is 6.71. The van der Waals surface area contributed by atoms with E-state index < -0.39 is 0 Å². The molecule has 0 aliphatic carbocycles. The van der Waals surface area contributed by atoms with E-state index >= 15 is 0 Å². The van der Waals surface area contributed by atoms with Crippen molar-refractivity contribution in [1.29, 1.82) is 0 Å². The zero-order chi connectivity index (χ0) is 15.4. The fraction of sp³-hybridized carbons (Fsp3) is 0.632. The minimum absolute atomic E-state index is 0. The van der Waals surface area contributed by atoms with Gasteiger partial charge in [-0.15, -0.1) is 12.4 Å². The minimum Gasteiger partial charge on any atom is -0.339 e. The van der Waals surface area contributed by atoms with Crippen LogP contribution in [0.25, 0.3) is 0 Å². The van der Waals surface area contributed by atoms with Crippen LogP contribution in [0.1, 0.15) is 50.5 Å². The molecule has 23 heavy (non-hydrogen) atoms. The molecule has 1 aromatic carbocycles. The average Bonchev–Trinajstić information content (AvgIpc) is 3.06. The van der Waals surface area contributed by atoms with Crippen LogP contribution in [-0.2, 0) is 4.79 Å². The molecule has 2 fully saturated rings. The van der Waals surface area contributed by atoms with Gasteiger partial charge in [-0.1, -0.05) is 37.3 Å². The Morgan fingerprint density at radius 1 is 1.26 bits per heavy atom. The van der Waals surface area contributed by atoms with Crippen molar-refractivity contribution in [2.24, 2.45) is 5.92 Å². The van der Waals surface area contributed by atoms with Crippen LogP contribution in [0.3, 0.4) is 0 Å². The molecule has 2 saturated heterocycles. The smallest absolute Gasteiger partial charge is 0.227 e. The lowest BCUT2D eigenvalue weighted by Crippen LogP contribution is -2.46. The van der Waals surface area contributed by atoms with Crippen molar-refractivity contribution in [2.45, 2.75) is 51.0 Å². The highest BCUT2D eigenvalue weighted by Crippen LogP contribution is 2.34. The minimum atomic E-state index is 0. The molecule has 0 radical (unpaired) electrons. The molecule has 2 heterocycles. The first-order chi connectivity index (χ1) is 10.8. The van der Waals surface area contributed by atoms with Crippen LogP contribution in [0.2, 0.25) is 0 Å². The van der Waals surface area contributed by atoms with Gasteiger partial charge in [-0.3, -0.25) is 4.79 Å². The fourth-order valence-corrected chi connectivity index (χ4v) is 4.21. The molecular weight excluding hydrogens is 308 g/mol. The van der Waals surface area contributed by atoms with Crippen molar-refractivity contribution < 1.29 is 4.79 Å². The maximum absolute atomic E-state index is 12.9. The second-order valence-electron chi connectivity index (χ2n) is 6.71. The lowest BCUT2D eigenvalue weighted by atomic mass is 9.87. The molecule has 0 saturated carbocycles. The predicted molar refractivity (Wildman–Crippen MR) is 97.1 cm³/mol. The third kappa shape index (κ3) is 4.07. The lowest BCUT2D eigenvalue weighted by Gasteiger charge is -2.35. The molecule has 4 heteroatoms. The summed E-state index contributed by atoms with van der Waals surface area (Å²) < 4.78 is 0. The molecule has 1 aromatic rings. The highest BCUT2D eigenvalue weighted by molar-refractivity contribution is 5.85. The molecule has 2 aliphatic heterocycles. The Hall–Kier alpha value is -1.06. The Morgan fingerprint density at radius 2 is 2.04 bits per heavy atom. The Morgan fingerprint density at radius 3 is 2.70 bits per heavy atom. The first-order valence-corrected chi connectivity index (χ1v) is 8.87. The second kappa shape index (κ2) is 8.70. The van der Waals surface area contributed by atoms with Gasteiger partial charge >= 0.3 is 0 Å². The molecule has 128 valence electrons. The van der Waals surface area contributed by atoms with Crippen LogP contribution < -0.4 is 5.32 Å². The van der Waals surface area contributed by atoms with Crippen molar-refractivity contribution >= 4 is 18.3 Å². The van der Waals surface area contributed by atoms with Gasteiger partial charge in [-0.05, 0) is 44.2 Å². The fourth-order valence-electron chi connectivity index (χ4n) is 4.21. The largest absolute Gasteiger partial charge is 0.339 e. The quantitative estimate of drug-likeness (QED) is 0.911. The third-order valence-electron chi connectivity index (χ3n) is 5.36. The molecule has 3 nitrogen and oxygen atoms in total. The van der Waals surface area contributed by atoms with E-state index in [-0.39, 0.29) is 18.3 Å².